The van der Waals surface area contributed by atoms with Gasteiger partial charge in [-0.15, -0.1) is 0 Å². The Kier molecular flexibility index (Phi) is 4.49. The van der Waals surface area contributed by atoms with E-state index >= 15 is 0 Å². The highest BCUT2D eigenvalue weighted by molar-refractivity contribution is 5.25. The molecule has 0 atom stereocenters. The normalized spacial score (nSPS) is 11.3. The summed E-state index contributed by atoms with van der Waals surface area (Å²) in [4.78, 5) is 3.87. The average molecular weight is 276 g/mol. The predicted molar refractivity (Wildman–Crippen MR) is 77.0 cm³/mol. The summed E-state index contributed by atoms with van der Waals surface area (Å²) < 4.78 is 15.1. The van der Waals surface area contributed by atoms with Gasteiger partial charge in [-0.25, -0.2) is 4.39 Å². The first-order chi connectivity index (χ1) is 9.47. The van der Waals surface area contributed by atoms with E-state index in [0.717, 1.165) is 23.5 Å². The van der Waals surface area contributed by atoms with E-state index in [1.165, 1.54) is 17.8 Å². The lowest BCUT2D eigenvalue weighted by atomic mass is 10.2. The molecule has 0 saturated carbocycles. The molecular formula is C15H21FN4. The second kappa shape index (κ2) is 6.13. The lowest BCUT2D eigenvalue weighted by Crippen LogP contribution is -2.22. The Labute approximate surface area is 119 Å². The first kappa shape index (κ1) is 14.7. The molecule has 0 saturated heterocycles. The van der Waals surface area contributed by atoms with Crippen molar-refractivity contribution in [2.75, 3.05) is 0 Å². The van der Waals surface area contributed by atoms with Crippen LogP contribution in [0.5, 0.6) is 0 Å². The minimum Gasteiger partial charge on any atom is -0.310 e. The van der Waals surface area contributed by atoms with Crippen molar-refractivity contribution in [1.82, 2.24) is 20.1 Å². The monoisotopic (exact) mass is 276 g/mol. The number of aromatic nitrogens is 3. The van der Waals surface area contributed by atoms with Gasteiger partial charge in [0.2, 0.25) is 0 Å². The minimum absolute atomic E-state index is 0.314. The van der Waals surface area contributed by atoms with Crippen LogP contribution in [-0.2, 0) is 13.1 Å². The highest BCUT2D eigenvalue weighted by Crippen LogP contribution is 2.15. The van der Waals surface area contributed by atoms with Gasteiger partial charge in [-0.3, -0.25) is 9.67 Å². The van der Waals surface area contributed by atoms with E-state index in [1.807, 2.05) is 18.5 Å². The van der Waals surface area contributed by atoms with Crippen molar-refractivity contribution in [3.05, 3.63) is 46.8 Å². The molecule has 0 aliphatic rings. The van der Waals surface area contributed by atoms with Crippen molar-refractivity contribution in [3.63, 3.8) is 0 Å². The molecule has 2 aromatic rings. The third-order valence-corrected chi connectivity index (χ3v) is 3.31. The average Bonchev–Trinajstić information content (AvgIpc) is 2.62. The molecule has 108 valence electrons. The van der Waals surface area contributed by atoms with Crippen LogP contribution in [0.1, 0.15) is 36.4 Å². The van der Waals surface area contributed by atoms with Crippen LogP contribution in [0.3, 0.4) is 0 Å². The van der Waals surface area contributed by atoms with E-state index in [0.29, 0.717) is 12.6 Å². The second-order valence-electron chi connectivity index (χ2n) is 5.35. The number of nitrogens with one attached hydrogen (secondary N) is 1. The molecule has 0 unspecified atom stereocenters. The summed E-state index contributed by atoms with van der Waals surface area (Å²) >= 11 is 0. The summed E-state index contributed by atoms with van der Waals surface area (Å²) in [6.45, 7) is 9.63. The minimum atomic E-state index is -0.314. The lowest BCUT2D eigenvalue weighted by Gasteiger charge is -2.09. The molecule has 2 rings (SSSR count). The van der Waals surface area contributed by atoms with Crippen molar-refractivity contribution in [2.24, 2.45) is 0 Å². The molecule has 2 heterocycles. The topological polar surface area (TPSA) is 42.7 Å². The Morgan fingerprint density at radius 1 is 1.30 bits per heavy atom. The van der Waals surface area contributed by atoms with E-state index < -0.39 is 0 Å². The van der Waals surface area contributed by atoms with Crippen LogP contribution in [-0.4, -0.2) is 20.8 Å². The van der Waals surface area contributed by atoms with Gasteiger partial charge in [0.05, 0.1) is 18.4 Å². The van der Waals surface area contributed by atoms with Crippen molar-refractivity contribution in [2.45, 2.75) is 46.8 Å². The van der Waals surface area contributed by atoms with Gasteiger partial charge in [-0.1, -0.05) is 13.8 Å². The molecule has 0 spiro atoms. The van der Waals surface area contributed by atoms with Gasteiger partial charge in [0.25, 0.3) is 0 Å². The fraction of sp³-hybridized carbons (Fsp3) is 0.467. The summed E-state index contributed by atoms with van der Waals surface area (Å²) in [5.41, 5.74) is 4.15. The molecule has 20 heavy (non-hydrogen) atoms. The molecule has 5 heteroatoms. The van der Waals surface area contributed by atoms with Crippen LogP contribution in [0.2, 0.25) is 0 Å². The first-order valence-electron chi connectivity index (χ1n) is 6.83. The van der Waals surface area contributed by atoms with Gasteiger partial charge in [0, 0.05) is 30.0 Å². The molecule has 0 amide bonds. The van der Waals surface area contributed by atoms with Gasteiger partial charge >= 0.3 is 0 Å². The van der Waals surface area contributed by atoms with E-state index in [1.54, 1.807) is 6.20 Å². The molecule has 0 aliphatic carbocycles. The number of nitrogens with zero attached hydrogens (tertiary/aromatic N) is 3. The smallest absolute Gasteiger partial charge is 0.141 e. The van der Waals surface area contributed by atoms with Gasteiger partial charge in [-0.2, -0.15) is 5.10 Å². The molecular weight excluding hydrogens is 255 g/mol. The molecule has 0 fully saturated rings. The van der Waals surface area contributed by atoms with Gasteiger partial charge < -0.3 is 5.32 Å². The first-order valence-corrected chi connectivity index (χ1v) is 6.83. The van der Waals surface area contributed by atoms with Crippen LogP contribution in [0, 0.1) is 19.7 Å². The van der Waals surface area contributed by atoms with Gasteiger partial charge in [0.15, 0.2) is 0 Å². The quantitative estimate of drug-likeness (QED) is 0.912. The zero-order chi connectivity index (χ0) is 14.7. The summed E-state index contributed by atoms with van der Waals surface area (Å²) in [5.74, 6) is -0.314. The summed E-state index contributed by atoms with van der Waals surface area (Å²) in [7, 11) is 0. The van der Waals surface area contributed by atoms with E-state index in [4.69, 9.17) is 0 Å². The predicted octanol–water partition coefficient (Wildman–Crippen LogP) is 2.58. The highest BCUT2D eigenvalue weighted by atomic mass is 19.1. The molecule has 0 bridgehead atoms. The standard InChI is InChI=1S/C15H21FN4/c1-10(2)18-8-15-11(3)19-20(12(15)4)9-13-5-14(16)7-17-6-13/h5-7,10,18H,8-9H2,1-4H3. The fourth-order valence-corrected chi connectivity index (χ4v) is 2.17. The van der Waals surface area contributed by atoms with Gasteiger partial charge in [0.1, 0.15) is 5.82 Å². The lowest BCUT2D eigenvalue weighted by molar-refractivity contribution is 0.584. The van der Waals surface area contributed by atoms with Crippen LogP contribution in [0.25, 0.3) is 0 Å². The second-order valence-corrected chi connectivity index (χ2v) is 5.35. The summed E-state index contributed by atoms with van der Waals surface area (Å²) in [5, 5.41) is 7.94. The van der Waals surface area contributed by atoms with Crippen LogP contribution < -0.4 is 5.32 Å². The number of hydrogen-bond acceptors (Lipinski definition) is 3. The fourth-order valence-electron chi connectivity index (χ4n) is 2.17. The number of rotatable bonds is 5. The Morgan fingerprint density at radius 3 is 2.70 bits per heavy atom. The number of pyridine rings is 1. The van der Waals surface area contributed by atoms with E-state index in [-0.39, 0.29) is 5.82 Å². The molecule has 2 aromatic heterocycles. The zero-order valence-electron chi connectivity index (χ0n) is 12.4. The molecule has 4 nitrogen and oxygen atoms in total. The SMILES string of the molecule is Cc1nn(Cc2cncc(F)c2)c(C)c1CNC(C)C. The number of hydrogen-bond donors (Lipinski definition) is 1. The molecule has 0 radical (unpaired) electrons. The molecule has 1 N–H and O–H groups in total. The maximum atomic E-state index is 13.2. The Balaban J connectivity index is 2.19. The maximum Gasteiger partial charge on any atom is 0.141 e. The third-order valence-electron chi connectivity index (χ3n) is 3.31. The van der Waals surface area contributed by atoms with Gasteiger partial charge in [-0.05, 0) is 25.5 Å². The number of halogens is 1. The molecule has 0 aliphatic heterocycles. The largest absolute Gasteiger partial charge is 0.310 e. The Hall–Kier alpha value is -1.75. The van der Waals surface area contributed by atoms with Crippen molar-refractivity contribution in [3.8, 4) is 0 Å². The summed E-state index contributed by atoms with van der Waals surface area (Å²) in [6, 6.07) is 1.93. The van der Waals surface area contributed by atoms with Crippen molar-refractivity contribution in [1.29, 1.82) is 0 Å². The van der Waals surface area contributed by atoms with Crippen LogP contribution in [0.15, 0.2) is 18.5 Å². The van der Waals surface area contributed by atoms with Crippen LogP contribution in [0.4, 0.5) is 4.39 Å². The zero-order valence-corrected chi connectivity index (χ0v) is 12.4. The van der Waals surface area contributed by atoms with Crippen molar-refractivity contribution >= 4 is 0 Å². The third kappa shape index (κ3) is 3.42. The summed E-state index contributed by atoms with van der Waals surface area (Å²) in [6.07, 6.45) is 2.88. The molecule has 0 aromatic carbocycles. The van der Waals surface area contributed by atoms with Crippen LogP contribution >= 0.6 is 0 Å². The van der Waals surface area contributed by atoms with E-state index in [2.05, 4.69) is 29.2 Å². The van der Waals surface area contributed by atoms with Crippen molar-refractivity contribution < 1.29 is 4.39 Å². The Bertz CT molecular complexity index is 590. The maximum absolute atomic E-state index is 13.2. The highest BCUT2D eigenvalue weighted by Gasteiger charge is 2.12. The Morgan fingerprint density at radius 2 is 2.05 bits per heavy atom. The van der Waals surface area contributed by atoms with E-state index in [9.17, 15) is 4.39 Å². The number of aryl methyl sites for hydroxylation is 1.